The number of nitrogens with zero attached hydrogens (tertiary/aromatic N) is 1. The Kier molecular flexibility index (Phi) is 4.28. The first-order valence-electron chi connectivity index (χ1n) is 9.88. The molecule has 5 rings (SSSR count). The minimum absolute atomic E-state index is 0.127. The van der Waals surface area contributed by atoms with Crippen molar-refractivity contribution in [2.24, 2.45) is 5.10 Å². The van der Waals surface area contributed by atoms with E-state index < -0.39 is 0 Å². The molecule has 0 radical (unpaired) electrons. The molecule has 144 valence electrons. The fourth-order valence-electron chi connectivity index (χ4n) is 4.19. The molecule has 1 aliphatic rings. The first kappa shape index (κ1) is 17.5. The molecule has 1 heterocycles. The Bertz CT molecular complexity index is 1270. The molecule has 29 heavy (non-hydrogen) atoms. The van der Waals surface area contributed by atoms with Crippen molar-refractivity contribution in [2.75, 3.05) is 0 Å². The molecular formula is C24H21N3O2. The second-order valence-electron chi connectivity index (χ2n) is 7.47. The zero-order chi connectivity index (χ0) is 19.8. The van der Waals surface area contributed by atoms with Gasteiger partial charge >= 0.3 is 0 Å². The molecule has 3 aromatic carbocycles. The SMILES string of the molecule is O=C(N/N=C/c1c(O)ccc2ccccc12)c1ccc2[nH]c3c(c2c1)CCCC3. The highest BCUT2D eigenvalue weighted by Gasteiger charge is 2.16. The third kappa shape index (κ3) is 3.14. The van der Waals surface area contributed by atoms with Crippen molar-refractivity contribution >= 4 is 33.8 Å². The largest absolute Gasteiger partial charge is 0.507 e. The molecular weight excluding hydrogens is 362 g/mol. The zero-order valence-corrected chi connectivity index (χ0v) is 15.9. The number of nitrogens with one attached hydrogen (secondary N) is 2. The van der Waals surface area contributed by atoms with Gasteiger partial charge in [0.2, 0.25) is 0 Å². The predicted molar refractivity (Wildman–Crippen MR) is 116 cm³/mol. The van der Waals surface area contributed by atoms with Crippen LogP contribution in [0, 0.1) is 0 Å². The van der Waals surface area contributed by atoms with Crippen LogP contribution in [0.1, 0.15) is 40.0 Å². The molecule has 5 heteroatoms. The number of fused-ring (bicyclic) bond motifs is 4. The van der Waals surface area contributed by atoms with Crippen molar-refractivity contribution in [3.05, 3.63) is 77.0 Å². The Hall–Kier alpha value is -3.60. The molecule has 0 atom stereocenters. The number of aryl methyl sites for hydroxylation is 2. The van der Waals surface area contributed by atoms with Crippen molar-refractivity contribution < 1.29 is 9.90 Å². The van der Waals surface area contributed by atoms with Crippen molar-refractivity contribution in [3.8, 4) is 5.75 Å². The zero-order valence-electron chi connectivity index (χ0n) is 15.9. The predicted octanol–water partition coefficient (Wildman–Crippen LogP) is 4.67. The van der Waals surface area contributed by atoms with Crippen molar-refractivity contribution in [2.45, 2.75) is 25.7 Å². The Labute approximate surface area is 168 Å². The number of hydrogen-bond acceptors (Lipinski definition) is 3. The number of rotatable bonds is 3. The van der Waals surface area contributed by atoms with Gasteiger partial charge in [-0.25, -0.2) is 5.43 Å². The van der Waals surface area contributed by atoms with E-state index in [1.165, 1.54) is 30.3 Å². The molecule has 0 bridgehead atoms. The number of phenols is 1. The summed E-state index contributed by atoms with van der Waals surface area (Å²) in [4.78, 5) is 16.1. The Balaban J connectivity index is 1.40. The van der Waals surface area contributed by atoms with Gasteiger partial charge in [0, 0.05) is 27.7 Å². The maximum absolute atomic E-state index is 12.6. The topological polar surface area (TPSA) is 77.5 Å². The van der Waals surface area contributed by atoms with E-state index in [9.17, 15) is 9.90 Å². The summed E-state index contributed by atoms with van der Waals surface area (Å²) in [6.45, 7) is 0. The van der Waals surface area contributed by atoms with Crippen LogP contribution in [0.15, 0.2) is 59.7 Å². The van der Waals surface area contributed by atoms with Gasteiger partial charge in [-0.1, -0.05) is 30.3 Å². The third-order valence-corrected chi connectivity index (χ3v) is 5.67. The molecule has 1 aromatic heterocycles. The lowest BCUT2D eigenvalue weighted by molar-refractivity contribution is 0.0955. The number of hydrazone groups is 1. The van der Waals surface area contributed by atoms with E-state index in [1.807, 2.05) is 48.5 Å². The molecule has 5 nitrogen and oxygen atoms in total. The van der Waals surface area contributed by atoms with Crippen LogP contribution in [0.5, 0.6) is 5.75 Å². The second kappa shape index (κ2) is 7.09. The quantitative estimate of drug-likeness (QED) is 0.355. The van der Waals surface area contributed by atoms with E-state index in [2.05, 4.69) is 15.5 Å². The number of benzene rings is 3. The number of phenolic OH excluding ortho intramolecular Hbond substituents is 1. The van der Waals surface area contributed by atoms with Crippen LogP contribution in [0.25, 0.3) is 21.7 Å². The van der Waals surface area contributed by atoms with Crippen LogP contribution in [0.4, 0.5) is 0 Å². The molecule has 0 unspecified atom stereocenters. The summed E-state index contributed by atoms with van der Waals surface area (Å²) in [5.41, 5.74) is 7.46. The number of aromatic hydroxyl groups is 1. The smallest absolute Gasteiger partial charge is 0.271 e. The average Bonchev–Trinajstić information content (AvgIpc) is 3.13. The van der Waals surface area contributed by atoms with Gasteiger partial charge < -0.3 is 10.1 Å². The number of aromatic nitrogens is 1. The molecule has 4 aromatic rings. The van der Waals surface area contributed by atoms with E-state index in [-0.39, 0.29) is 11.7 Å². The Morgan fingerprint density at radius 3 is 2.83 bits per heavy atom. The van der Waals surface area contributed by atoms with Crippen molar-refractivity contribution in [1.82, 2.24) is 10.4 Å². The van der Waals surface area contributed by atoms with Crippen LogP contribution in [-0.4, -0.2) is 22.2 Å². The number of carbonyl (C=O) groups is 1. The molecule has 3 N–H and O–H groups in total. The van der Waals surface area contributed by atoms with Crippen LogP contribution in [0.3, 0.4) is 0 Å². The highest BCUT2D eigenvalue weighted by molar-refractivity contribution is 6.03. The van der Waals surface area contributed by atoms with Gasteiger partial charge in [0.25, 0.3) is 5.91 Å². The molecule has 0 aliphatic heterocycles. The van der Waals surface area contributed by atoms with E-state index in [0.717, 1.165) is 34.5 Å². The maximum atomic E-state index is 12.6. The number of H-pyrrole nitrogens is 1. The summed E-state index contributed by atoms with van der Waals surface area (Å²) < 4.78 is 0. The highest BCUT2D eigenvalue weighted by atomic mass is 16.3. The van der Waals surface area contributed by atoms with Gasteiger partial charge in [0.15, 0.2) is 0 Å². The van der Waals surface area contributed by atoms with Crippen LogP contribution in [0.2, 0.25) is 0 Å². The Morgan fingerprint density at radius 1 is 1.03 bits per heavy atom. The molecule has 0 spiro atoms. The molecule has 1 aliphatic carbocycles. The average molecular weight is 383 g/mol. The van der Waals surface area contributed by atoms with Gasteiger partial charge in [0.1, 0.15) is 5.75 Å². The summed E-state index contributed by atoms with van der Waals surface area (Å²) in [5.74, 6) is -0.143. The van der Waals surface area contributed by atoms with E-state index in [4.69, 9.17) is 0 Å². The number of carbonyl (C=O) groups excluding carboxylic acids is 1. The van der Waals surface area contributed by atoms with Gasteiger partial charge in [-0.05, 0) is 66.3 Å². The van der Waals surface area contributed by atoms with Crippen LogP contribution >= 0.6 is 0 Å². The number of hydrogen-bond donors (Lipinski definition) is 3. The highest BCUT2D eigenvalue weighted by Crippen LogP contribution is 2.30. The van der Waals surface area contributed by atoms with Crippen molar-refractivity contribution in [1.29, 1.82) is 0 Å². The summed E-state index contributed by atoms with van der Waals surface area (Å²) in [5, 5.41) is 17.3. The van der Waals surface area contributed by atoms with Crippen LogP contribution < -0.4 is 5.43 Å². The van der Waals surface area contributed by atoms with E-state index in [1.54, 1.807) is 6.07 Å². The first-order valence-corrected chi connectivity index (χ1v) is 9.88. The van der Waals surface area contributed by atoms with Crippen LogP contribution in [-0.2, 0) is 12.8 Å². The van der Waals surface area contributed by atoms with Gasteiger partial charge in [0.05, 0.1) is 6.21 Å². The monoisotopic (exact) mass is 383 g/mol. The molecule has 0 saturated carbocycles. The van der Waals surface area contributed by atoms with Gasteiger partial charge in [-0.2, -0.15) is 5.10 Å². The lowest BCUT2D eigenvalue weighted by Gasteiger charge is -2.10. The summed E-state index contributed by atoms with van der Waals surface area (Å²) in [6.07, 6.45) is 6.02. The summed E-state index contributed by atoms with van der Waals surface area (Å²) in [7, 11) is 0. The summed E-state index contributed by atoms with van der Waals surface area (Å²) >= 11 is 0. The molecule has 0 fully saturated rings. The fraction of sp³-hybridized carbons (Fsp3) is 0.167. The van der Waals surface area contributed by atoms with Gasteiger partial charge in [-0.15, -0.1) is 0 Å². The summed E-state index contributed by atoms with van der Waals surface area (Å²) in [6, 6.07) is 16.9. The standard InChI is InChI=1S/C24H21N3O2/c28-23-12-10-15-5-1-2-6-17(15)20(23)14-25-27-24(29)16-9-11-22-19(13-16)18-7-3-4-8-21(18)26-22/h1-2,5-6,9-14,26,28H,3-4,7-8H2,(H,27,29)/b25-14+. The van der Waals surface area contributed by atoms with Crippen molar-refractivity contribution in [3.63, 3.8) is 0 Å². The maximum Gasteiger partial charge on any atom is 0.271 e. The molecule has 1 amide bonds. The molecule has 0 saturated heterocycles. The van der Waals surface area contributed by atoms with E-state index >= 15 is 0 Å². The number of aromatic amines is 1. The third-order valence-electron chi connectivity index (χ3n) is 5.67. The minimum Gasteiger partial charge on any atom is -0.507 e. The minimum atomic E-state index is -0.270. The lowest BCUT2D eigenvalue weighted by Crippen LogP contribution is -2.17. The Morgan fingerprint density at radius 2 is 1.90 bits per heavy atom. The first-order chi connectivity index (χ1) is 14.2. The van der Waals surface area contributed by atoms with E-state index in [0.29, 0.717) is 11.1 Å². The number of amides is 1. The fourth-order valence-corrected chi connectivity index (χ4v) is 4.19. The second-order valence-corrected chi connectivity index (χ2v) is 7.47. The normalized spacial score (nSPS) is 13.8. The lowest BCUT2D eigenvalue weighted by atomic mass is 9.95. The van der Waals surface area contributed by atoms with Gasteiger partial charge in [-0.3, -0.25) is 4.79 Å².